The van der Waals surface area contributed by atoms with Crippen LogP contribution in [0.3, 0.4) is 0 Å². The normalized spacial score (nSPS) is 15.6. The van der Waals surface area contributed by atoms with Gasteiger partial charge in [0.1, 0.15) is 5.82 Å². The van der Waals surface area contributed by atoms with Crippen LogP contribution >= 0.6 is 0 Å². The number of carbonyl (C=O) groups is 2. The summed E-state index contributed by atoms with van der Waals surface area (Å²) >= 11 is 0. The molecule has 0 fully saturated rings. The number of rotatable bonds is 5. The van der Waals surface area contributed by atoms with Crippen LogP contribution in [0.4, 0.5) is 10.1 Å². The number of hydrogen-bond acceptors (Lipinski definition) is 6. The largest absolute Gasteiger partial charge is 0.455 e. The number of fused-ring (bicyclic) bond motifs is 1. The Hall–Kier alpha value is -3.55. The molecule has 8 heteroatoms. The molecule has 1 unspecified atom stereocenters. The Morgan fingerprint density at radius 3 is 2.77 bits per heavy atom. The number of carbonyl (C=O) groups excluding carboxylic acids is 2. The van der Waals surface area contributed by atoms with Crippen molar-refractivity contribution >= 4 is 17.6 Å². The number of amides is 1. The minimum Gasteiger partial charge on any atom is -0.455 e. The van der Waals surface area contributed by atoms with Crippen LogP contribution in [0.5, 0.6) is 0 Å². The molecule has 30 heavy (non-hydrogen) atoms. The van der Waals surface area contributed by atoms with E-state index in [-0.39, 0.29) is 30.5 Å². The highest BCUT2D eigenvalue weighted by Crippen LogP contribution is 2.33. The highest BCUT2D eigenvalue weighted by molar-refractivity contribution is 5.99. The van der Waals surface area contributed by atoms with Crippen molar-refractivity contribution in [2.45, 2.75) is 38.7 Å². The third-order valence-corrected chi connectivity index (χ3v) is 4.98. The van der Waals surface area contributed by atoms with Crippen LogP contribution in [0.15, 0.2) is 47.0 Å². The third kappa shape index (κ3) is 4.07. The molecular formula is C22H20FN3O4. The molecule has 1 N–H and O–H groups in total. The number of ether oxygens (including phenoxy) is 1. The molecular weight excluding hydrogens is 389 g/mol. The summed E-state index contributed by atoms with van der Waals surface area (Å²) in [7, 11) is 0. The van der Waals surface area contributed by atoms with E-state index in [1.807, 2.05) is 24.3 Å². The Balaban J connectivity index is 1.43. The number of nitrogens with one attached hydrogen (secondary N) is 1. The second-order valence-electron chi connectivity index (χ2n) is 7.43. The Labute approximate surface area is 172 Å². The maximum absolute atomic E-state index is 13.4. The van der Waals surface area contributed by atoms with Gasteiger partial charge >= 0.3 is 5.97 Å². The van der Waals surface area contributed by atoms with E-state index in [0.29, 0.717) is 17.3 Å². The fourth-order valence-electron chi connectivity index (χ4n) is 3.33. The second-order valence-corrected chi connectivity index (χ2v) is 7.43. The number of benzene rings is 2. The number of aromatic nitrogens is 2. The maximum Gasteiger partial charge on any atom is 0.314 e. The maximum atomic E-state index is 13.4. The zero-order valence-electron chi connectivity index (χ0n) is 16.5. The zero-order valence-corrected chi connectivity index (χ0v) is 16.5. The minimum absolute atomic E-state index is 0.0747. The van der Waals surface area contributed by atoms with Gasteiger partial charge in [-0.05, 0) is 29.2 Å². The summed E-state index contributed by atoms with van der Waals surface area (Å²) in [5.41, 5.74) is 2.78. The van der Waals surface area contributed by atoms with Crippen LogP contribution in [0.1, 0.15) is 49.1 Å². The van der Waals surface area contributed by atoms with Crippen molar-refractivity contribution < 1.29 is 23.2 Å². The van der Waals surface area contributed by atoms with Gasteiger partial charge in [-0.3, -0.25) is 9.59 Å². The number of esters is 1. The molecule has 0 bridgehead atoms. The number of halogens is 1. The summed E-state index contributed by atoms with van der Waals surface area (Å²) < 4.78 is 23.9. The first kappa shape index (κ1) is 19.8. The van der Waals surface area contributed by atoms with Crippen LogP contribution in [0.25, 0.3) is 11.4 Å². The monoisotopic (exact) mass is 409 g/mol. The number of hydrogen-bond donors (Lipinski definition) is 1. The quantitative estimate of drug-likeness (QED) is 0.636. The molecule has 0 spiro atoms. The molecule has 1 aliphatic rings. The molecule has 1 amide bonds. The summed E-state index contributed by atoms with van der Waals surface area (Å²) in [5, 5.41) is 6.49. The van der Waals surface area contributed by atoms with E-state index in [1.165, 1.54) is 23.8 Å². The van der Waals surface area contributed by atoms with E-state index in [4.69, 9.17) is 9.26 Å². The predicted molar refractivity (Wildman–Crippen MR) is 106 cm³/mol. The van der Waals surface area contributed by atoms with Gasteiger partial charge in [0.25, 0.3) is 5.89 Å². The van der Waals surface area contributed by atoms with Crippen molar-refractivity contribution in [3.63, 3.8) is 0 Å². The zero-order chi connectivity index (χ0) is 21.3. The van der Waals surface area contributed by atoms with Gasteiger partial charge in [-0.1, -0.05) is 49.3 Å². The van der Waals surface area contributed by atoms with E-state index in [1.54, 1.807) is 0 Å². The van der Waals surface area contributed by atoms with Crippen LogP contribution < -0.4 is 5.32 Å². The van der Waals surface area contributed by atoms with Crippen molar-refractivity contribution in [2.75, 3.05) is 5.32 Å². The van der Waals surface area contributed by atoms with E-state index in [0.717, 1.165) is 5.56 Å². The van der Waals surface area contributed by atoms with Gasteiger partial charge in [0, 0.05) is 17.7 Å². The fraction of sp³-hybridized carbons (Fsp3) is 0.273. The molecule has 1 atom stereocenters. The second kappa shape index (κ2) is 8.06. The van der Waals surface area contributed by atoms with Crippen molar-refractivity contribution in [3.05, 3.63) is 65.3 Å². The summed E-state index contributed by atoms with van der Waals surface area (Å²) in [6.07, 6.45) is -0.0747. The lowest BCUT2D eigenvalue weighted by Crippen LogP contribution is -2.28. The average molecular weight is 409 g/mol. The van der Waals surface area contributed by atoms with E-state index in [9.17, 15) is 14.0 Å². The molecule has 2 heterocycles. The molecule has 0 saturated carbocycles. The van der Waals surface area contributed by atoms with Crippen LogP contribution in [-0.2, 0) is 20.9 Å². The van der Waals surface area contributed by atoms with Gasteiger partial charge in [-0.2, -0.15) is 4.98 Å². The minimum atomic E-state index is -0.819. The summed E-state index contributed by atoms with van der Waals surface area (Å²) in [6.45, 7) is 4.01. The van der Waals surface area contributed by atoms with Gasteiger partial charge in [0.05, 0.1) is 5.92 Å². The first-order valence-corrected chi connectivity index (χ1v) is 9.59. The van der Waals surface area contributed by atoms with Gasteiger partial charge in [-0.15, -0.1) is 0 Å². The van der Waals surface area contributed by atoms with Crippen molar-refractivity contribution in [1.82, 2.24) is 10.1 Å². The highest BCUT2D eigenvalue weighted by Gasteiger charge is 2.32. The number of nitrogens with zero attached hydrogens (tertiary/aromatic N) is 2. The van der Waals surface area contributed by atoms with Crippen molar-refractivity contribution in [2.24, 2.45) is 0 Å². The van der Waals surface area contributed by atoms with Crippen LogP contribution in [0.2, 0.25) is 0 Å². The molecule has 1 aliphatic heterocycles. The first-order valence-electron chi connectivity index (χ1n) is 9.59. The Morgan fingerprint density at radius 2 is 2.03 bits per heavy atom. The molecule has 0 radical (unpaired) electrons. The molecule has 0 aliphatic carbocycles. The highest BCUT2D eigenvalue weighted by atomic mass is 19.1. The molecule has 0 saturated heterocycles. The van der Waals surface area contributed by atoms with Crippen molar-refractivity contribution in [1.29, 1.82) is 0 Å². The SMILES string of the molecule is CC(C)c1ccc(-c2noc(COC(=O)C3CC(=O)Nc4cc(F)ccc43)n2)cc1. The summed E-state index contributed by atoms with van der Waals surface area (Å²) in [6, 6.07) is 11.7. The molecule has 1 aromatic heterocycles. The molecule has 4 rings (SSSR count). The molecule has 7 nitrogen and oxygen atoms in total. The van der Waals surface area contributed by atoms with Crippen LogP contribution in [0, 0.1) is 5.82 Å². The molecule has 3 aromatic rings. The Bertz CT molecular complexity index is 1090. The van der Waals surface area contributed by atoms with Gasteiger partial charge < -0.3 is 14.6 Å². The summed E-state index contributed by atoms with van der Waals surface area (Å²) in [5.74, 6) is -1.34. The van der Waals surface area contributed by atoms with Crippen LogP contribution in [-0.4, -0.2) is 22.0 Å². The average Bonchev–Trinajstić information content (AvgIpc) is 3.20. The smallest absolute Gasteiger partial charge is 0.314 e. The topological polar surface area (TPSA) is 94.3 Å². The van der Waals surface area contributed by atoms with E-state index >= 15 is 0 Å². The predicted octanol–water partition coefficient (Wildman–Crippen LogP) is 4.17. The molecule has 154 valence electrons. The molecule has 2 aromatic carbocycles. The van der Waals surface area contributed by atoms with Gasteiger partial charge in [0.2, 0.25) is 11.7 Å². The Morgan fingerprint density at radius 1 is 1.27 bits per heavy atom. The lowest BCUT2D eigenvalue weighted by atomic mass is 9.90. The Kier molecular flexibility index (Phi) is 5.31. The lowest BCUT2D eigenvalue weighted by Gasteiger charge is -2.23. The lowest BCUT2D eigenvalue weighted by molar-refractivity contribution is -0.148. The van der Waals surface area contributed by atoms with Crippen molar-refractivity contribution in [3.8, 4) is 11.4 Å². The fourth-order valence-corrected chi connectivity index (χ4v) is 3.33. The van der Waals surface area contributed by atoms with E-state index in [2.05, 4.69) is 29.3 Å². The third-order valence-electron chi connectivity index (χ3n) is 4.98. The van der Waals surface area contributed by atoms with E-state index < -0.39 is 17.7 Å². The van der Waals surface area contributed by atoms with Gasteiger partial charge in [0.15, 0.2) is 6.61 Å². The van der Waals surface area contributed by atoms with Gasteiger partial charge in [-0.25, -0.2) is 4.39 Å². The number of anilines is 1. The standard InChI is InChI=1S/C22H20FN3O4/c1-12(2)13-3-5-14(6-4-13)21-25-20(30-26-21)11-29-22(28)17-10-19(27)24-18-9-15(23)7-8-16(17)18/h3-9,12,17H,10-11H2,1-2H3,(H,24,27). The summed E-state index contributed by atoms with van der Waals surface area (Å²) in [4.78, 5) is 28.7. The first-order chi connectivity index (χ1) is 14.4.